The van der Waals surface area contributed by atoms with Crippen LogP contribution < -0.4 is 5.32 Å². The van der Waals surface area contributed by atoms with E-state index in [1.54, 1.807) is 4.90 Å². The van der Waals surface area contributed by atoms with E-state index in [9.17, 15) is 14.4 Å². The summed E-state index contributed by atoms with van der Waals surface area (Å²) in [6.45, 7) is 7.90. The van der Waals surface area contributed by atoms with E-state index in [0.717, 1.165) is 24.0 Å². The van der Waals surface area contributed by atoms with Crippen LogP contribution in [0.4, 0.5) is 0 Å². The van der Waals surface area contributed by atoms with Gasteiger partial charge in [0.25, 0.3) is 0 Å². The number of ether oxygens (including phenoxy) is 2. The first kappa shape index (κ1) is 24.9. The number of carbonyl (C=O) groups is 3. The van der Waals surface area contributed by atoms with Crippen molar-refractivity contribution in [2.75, 3.05) is 13.7 Å². The molecule has 0 aromatic heterocycles. The van der Waals surface area contributed by atoms with Crippen LogP contribution in [0.1, 0.15) is 64.5 Å². The van der Waals surface area contributed by atoms with Gasteiger partial charge in [-0.05, 0) is 44.7 Å². The smallest absolute Gasteiger partial charge is 0.320 e. The number of esters is 2. The number of nitrogens with one attached hydrogen (secondary N) is 1. The molecule has 1 aromatic rings. The number of nitrogens with zero attached hydrogens (tertiary/aromatic N) is 1. The van der Waals surface area contributed by atoms with Crippen molar-refractivity contribution < 1.29 is 23.9 Å². The molecule has 0 fully saturated rings. The zero-order valence-corrected chi connectivity index (χ0v) is 19.4. The van der Waals surface area contributed by atoms with Crippen molar-refractivity contribution in [2.45, 2.75) is 84.0 Å². The van der Waals surface area contributed by atoms with Gasteiger partial charge in [-0.2, -0.15) is 0 Å². The number of benzene rings is 1. The maximum atomic E-state index is 13.6. The van der Waals surface area contributed by atoms with Gasteiger partial charge in [0.1, 0.15) is 5.60 Å². The molecule has 172 valence electrons. The molecule has 1 aliphatic rings. The molecule has 0 bridgehead atoms. The molecule has 1 heterocycles. The van der Waals surface area contributed by atoms with E-state index >= 15 is 0 Å². The van der Waals surface area contributed by atoms with Gasteiger partial charge in [-0.3, -0.25) is 19.7 Å². The summed E-state index contributed by atoms with van der Waals surface area (Å²) >= 11 is 0. The van der Waals surface area contributed by atoms with E-state index in [2.05, 4.69) is 12.2 Å². The molecule has 1 aliphatic heterocycles. The van der Waals surface area contributed by atoms with Crippen molar-refractivity contribution in [2.24, 2.45) is 0 Å². The highest BCUT2D eigenvalue weighted by atomic mass is 16.6. The largest absolute Gasteiger partial charge is 0.469 e. The fourth-order valence-electron chi connectivity index (χ4n) is 3.81. The number of hydrogen-bond donors (Lipinski definition) is 1. The molecule has 0 saturated carbocycles. The molecule has 0 spiro atoms. The second kappa shape index (κ2) is 11.3. The van der Waals surface area contributed by atoms with Gasteiger partial charge in [-0.15, -0.1) is 0 Å². The summed E-state index contributed by atoms with van der Waals surface area (Å²) in [5.41, 5.74) is 1.65. The van der Waals surface area contributed by atoms with Crippen LogP contribution in [0.3, 0.4) is 0 Å². The fraction of sp³-hybridized carbons (Fsp3) is 0.625. The van der Waals surface area contributed by atoms with E-state index in [1.165, 1.54) is 7.11 Å². The van der Waals surface area contributed by atoms with Crippen molar-refractivity contribution in [3.8, 4) is 0 Å². The van der Waals surface area contributed by atoms with E-state index in [-0.39, 0.29) is 30.9 Å². The molecule has 1 N–H and O–H groups in total. The van der Waals surface area contributed by atoms with Gasteiger partial charge in [0.2, 0.25) is 5.91 Å². The molecule has 0 unspecified atom stereocenters. The van der Waals surface area contributed by atoms with Gasteiger partial charge < -0.3 is 14.4 Å². The molecule has 7 heteroatoms. The average Bonchev–Trinajstić information content (AvgIpc) is 2.71. The lowest BCUT2D eigenvalue weighted by molar-refractivity contribution is -0.154. The first-order valence-electron chi connectivity index (χ1n) is 11.0. The van der Waals surface area contributed by atoms with Crippen LogP contribution in [0.2, 0.25) is 0 Å². The molecule has 0 radical (unpaired) electrons. The molecule has 0 saturated heterocycles. The van der Waals surface area contributed by atoms with E-state index in [4.69, 9.17) is 9.47 Å². The summed E-state index contributed by atoms with van der Waals surface area (Å²) in [6, 6.07) is 7.19. The SMILES string of the molecule is CCCC[C@H](NCC(=O)OC(C)(C)C)C(=O)N1Cc2ccccc2C[C@@H]1CC(=O)OC. The second-order valence-electron chi connectivity index (χ2n) is 9.04. The number of hydrogen-bond acceptors (Lipinski definition) is 6. The Bertz CT molecular complexity index is 771. The summed E-state index contributed by atoms with van der Waals surface area (Å²) < 4.78 is 10.2. The van der Waals surface area contributed by atoms with Crippen LogP contribution in [0, 0.1) is 0 Å². The lowest BCUT2D eigenvalue weighted by atomic mass is 9.91. The molecule has 2 rings (SSSR count). The minimum atomic E-state index is -0.579. The van der Waals surface area contributed by atoms with Crippen molar-refractivity contribution in [3.05, 3.63) is 35.4 Å². The average molecular weight is 433 g/mol. The number of carbonyl (C=O) groups excluding carboxylic acids is 3. The Balaban J connectivity index is 2.18. The maximum absolute atomic E-state index is 13.6. The molecular weight excluding hydrogens is 396 g/mol. The summed E-state index contributed by atoms with van der Waals surface area (Å²) in [7, 11) is 1.36. The number of amides is 1. The van der Waals surface area contributed by atoms with Crippen molar-refractivity contribution in [3.63, 3.8) is 0 Å². The Morgan fingerprint density at radius 3 is 2.45 bits per heavy atom. The third-order valence-corrected chi connectivity index (χ3v) is 5.33. The maximum Gasteiger partial charge on any atom is 0.320 e. The van der Waals surface area contributed by atoms with Crippen LogP contribution >= 0.6 is 0 Å². The molecule has 7 nitrogen and oxygen atoms in total. The number of methoxy groups -OCH3 is 1. The van der Waals surface area contributed by atoms with Crippen LogP contribution in [-0.2, 0) is 36.8 Å². The molecule has 2 atom stereocenters. The first-order valence-corrected chi connectivity index (χ1v) is 11.0. The molecule has 1 aromatic carbocycles. The quantitative estimate of drug-likeness (QED) is 0.604. The Kier molecular flexibility index (Phi) is 9.04. The van der Waals surface area contributed by atoms with Gasteiger partial charge in [0, 0.05) is 12.6 Å². The Hall–Kier alpha value is -2.41. The highest BCUT2D eigenvalue weighted by Gasteiger charge is 2.35. The Labute approximate surface area is 185 Å². The van der Waals surface area contributed by atoms with Gasteiger partial charge >= 0.3 is 11.9 Å². The summed E-state index contributed by atoms with van der Waals surface area (Å²) in [5.74, 6) is -0.827. The highest BCUT2D eigenvalue weighted by Crippen LogP contribution is 2.26. The number of unbranched alkanes of at least 4 members (excludes halogenated alkanes) is 1. The summed E-state index contributed by atoms with van der Waals surface area (Å²) in [5, 5.41) is 3.10. The second-order valence-corrected chi connectivity index (χ2v) is 9.04. The Morgan fingerprint density at radius 1 is 1.16 bits per heavy atom. The van der Waals surface area contributed by atoms with E-state index in [0.29, 0.717) is 19.4 Å². The lowest BCUT2D eigenvalue weighted by Crippen LogP contribution is -2.53. The minimum absolute atomic E-state index is 0.0382. The van der Waals surface area contributed by atoms with Gasteiger partial charge in [-0.1, -0.05) is 44.0 Å². The zero-order chi connectivity index (χ0) is 23.0. The summed E-state index contributed by atoms with van der Waals surface area (Å²) in [6.07, 6.45) is 3.14. The third kappa shape index (κ3) is 7.65. The topological polar surface area (TPSA) is 84.9 Å². The van der Waals surface area contributed by atoms with E-state index in [1.807, 2.05) is 45.0 Å². The molecular formula is C24H36N2O5. The van der Waals surface area contributed by atoms with Gasteiger partial charge in [0.15, 0.2) is 0 Å². The van der Waals surface area contributed by atoms with Crippen LogP contribution in [0.5, 0.6) is 0 Å². The monoisotopic (exact) mass is 432 g/mol. The van der Waals surface area contributed by atoms with Gasteiger partial charge in [-0.25, -0.2) is 0 Å². The normalized spacial score (nSPS) is 16.9. The van der Waals surface area contributed by atoms with Crippen LogP contribution in [0.15, 0.2) is 24.3 Å². The molecule has 31 heavy (non-hydrogen) atoms. The minimum Gasteiger partial charge on any atom is -0.469 e. The van der Waals surface area contributed by atoms with Crippen molar-refractivity contribution in [1.29, 1.82) is 0 Å². The molecule has 0 aliphatic carbocycles. The van der Waals surface area contributed by atoms with Gasteiger partial charge in [0.05, 0.1) is 26.1 Å². The lowest BCUT2D eigenvalue weighted by Gasteiger charge is -2.38. The van der Waals surface area contributed by atoms with Crippen molar-refractivity contribution in [1.82, 2.24) is 10.2 Å². The van der Waals surface area contributed by atoms with Crippen LogP contribution in [0.25, 0.3) is 0 Å². The highest BCUT2D eigenvalue weighted by molar-refractivity contribution is 5.84. The Morgan fingerprint density at radius 2 is 1.84 bits per heavy atom. The predicted molar refractivity (Wildman–Crippen MR) is 118 cm³/mol. The predicted octanol–water partition coefficient (Wildman–Crippen LogP) is 2.99. The van der Waals surface area contributed by atoms with Crippen LogP contribution in [-0.4, -0.2) is 54.1 Å². The molecule has 1 amide bonds. The fourth-order valence-corrected chi connectivity index (χ4v) is 3.81. The van der Waals surface area contributed by atoms with E-state index < -0.39 is 17.6 Å². The summed E-state index contributed by atoms with van der Waals surface area (Å²) in [4.78, 5) is 39.5. The third-order valence-electron chi connectivity index (χ3n) is 5.33. The van der Waals surface area contributed by atoms with Crippen molar-refractivity contribution >= 4 is 17.8 Å². The number of rotatable bonds is 9. The zero-order valence-electron chi connectivity index (χ0n) is 19.4. The first-order chi connectivity index (χ1) is 14.6. The number of fused-ring (bicyclic) bond motifs is 1. The standard InChI is InChI=1S/C24H36N2O5/c1-6-7-12-20(25-15-22(28)31-24(2,3)4)23(29)26-16-18-11-9-8-10-17(18)13-19(26)14-21(27)30-5/h8-11,19-20,25H,6-7,12-16H2,1-5H3/t19-,20+/m1/s1.